The normalized spacial score (nSPS) is 11.3. The Morgan fingerprint density at radius 2 is 0.672 bits per heavy atom. The van der Waals surface area contributed by atoms with Gasteiger partial charge in [0.1, 0.15) is 0 Å². The lowest BCUT2D eigenvalue weighted by atomic mass is 9.91. The molecule has 0 N–H and O–H groups in total. The van der Waals surface area contributed by atoms with Crippen LogP contribution in [0.5, 0.6) is 0 Å². The van der Waals surface area contributed by atoms with Crippen molar-refractivity contribution in [3.63, 3.8) is 0 Å². The topological polar surface area (TPSA) is 38.7 Å². The summed E-state index contributed by atoms with van der Waals surface area (Å²) in [6.07, 6.45) is 0. The smallest absolute Gasteiger partial charge is 0.164 e. The molecule has 0 unspecified atom stereocenters. The molecule has 4 heteroatoms. The summed E-state index contributed by atoms with van der Waals surface area (Å²) in [6, 6.07) is 79.5. The van der Waals surface area contributed by atoms with E-state index in [1.54, 1.807) is 11.3 Å². The number of rotatable bonds is 8. The Kier molecular flexibility index (Phi) is 9.38. The largest absolute Gasteiger partial charge is 0.208 e. The van der Waals surface area contributed by atoms with Crippen molar-refractivity contribution in [3.8, 4) is 89.8 Å². The van der Waals surface area contributed by atoms with E-state index in [0.717, 1.165) is 44.3 Å². The molecule has 11 rings (SSSR count). The van der Waals surface area contributed by atoms with Gasteiger partial charge < -0.3 is 0 Å². The van der Waals surface area contributed by atoms with E-state index in [1.807, 2.05) is 24.3 Å². The van der Waals surface area contributed by atoms with Gasteiger partial charge >= 0.3 is 0 Å². The molecule has 0 aliphatic rings. The maximum atomic E-state index is 5.23. The van der Waals surface area contributed by atoms with Gasteiger partial charge in [-0.3, -0.25) is 0 Å². The Morgan fingerprint density at radius 1 is 0.246 bits per heavy atom. The maximum absolute atomic E-state index is 5.23. The summed E-state index contributed by atoms with van der Waals surface area (Å²) < 4.78 is 2.42. The molecule has 0 saturated carbocycles. The summed E-state index contributed by atoms with van der Waals surface area (Å²) in [4.78, 5) is 15.5. The minimum Gasteiger partial charge on any atom is -0.208 e. The zero-order chi connectivity index (χ0) is 40.5. The van der Waals surface area contributed by atoms with Crippen LogP contribution in [-0.4, -0.2) is 15.0 Å². The van der Waals surface area contributed by atoms with Gasteiger partial charge in [0.15, 0.2) is 17.5 Å². The molecular weight excluding hydrogens is 759 g/mol. The molecule has 0 amide bonds. The van der Waals surface area contributed by atoms with Crippen LogP contribution in [0.25, 0.3) is 110 Å². The molecule has 0 radical (unpaired) electrons. The van der Waals surface area contributed by atoms with E-state index in [4.69, 9.17) is 15.0 Å². The summed E-state index contributed by atoms with van der Waals surface area (Å²) in [7, 11) is 0. The van der Waals surface area contributed by atoms with Crippen LogP contribution in [0.15, 0.2) is 224 Å². The molecule has 0 spiro atoms. The van der Waals surface area contributed by atoms with Crippen molar-refractivity contribution in [2.45, 2.75) is 0 Å². The predicted octanol–water partition coefficient (Wildman–Crippen LogP) is 15.6. The van der Waals surface area contributed by atoms with Crippen molar-refractivity contribution in [3.05, 3.63) is 224 Å². The highest BCUT2D eigenvalue weighted by Gasteiger charge is 2.18. The van der Waals surface area contributed by atoms with Crippen LogP contribution in [0.2, 0.25) is 0 Å². The SMILES string of the molecule is c1ccc(-c2ccc(-c3ccccc3-c3cccc(-c4ccc5sc6cccc(-c7nc(-c8ccccc8)nc(-c8cccc(-c9ccccc9)c8)n7)c6c5c4)c3)cc2)cc1. The first kappa shape index (κ1) is 36.3. The van der Waals surface area contributed by atoms with Gasteiger partial charge in [-0.1, -0.05) is 194 Å². The Morgan fingerprint density at radius 3 is 1.38 bits per heavy atom. The first-order valence-corrected chi connectivity index (χ1v) is 21.3. The van der Waals surface area contributed by atoms with Crippen LogP contribution in [-0.2, 0) is 0 Å². The van der Waals surface area contributed by atoms with E-state index >= 15 is 0 Å². The van der Waals surface area contributed by atoms with Gasteiger partial charge in [0.2, 0.25) is 0 Å². The summed E-state index contributed by atoms with van der Waals surface area (Å²) >= 11 is 1.80. The van der Waals surface area contributed by atoms with Gasteiger partial charge in [0.25, 0.3) is 0 Å². The molecule has 0 aliphatic carbocycles. The highest BCUT2D eigenvalue weighted by molar-refractivity contribution is 7.26. The monoisotopic (exact) mass is 795 g/mol. The zero-order valence-corrected chi connectivity index (χ0v) is 33.9. The number of thiophene rings is 1. The molecule has 9 aromatic carbocycles. The number of nitrogens with zero attached hydrogens (tertiary/aromatic N) is 3. The first-order chi connectivity index (χ1) is 30.2. The van der Waals surface area contributed by atoms with Crippen LogP contribution >= 0.6 is 11.3 Å². The summed E-state index contributed by atoms with van der Waals surface area (Å²) in [6.45, 7) is 0. The van der Waals surface area contributed by atoms with E-state index in [9.17, 15) is 0 Å². The molecule has 11 aromatic rings. The molecule has 2 aromatic heterocycles. The summed E-state index contributed by atoms with van der Waals surface area (Å²) in [5.41, 5.74) is 14.7. The van der Waals surface area contributed by atoms with Crippen LogP contribution in [0.3, 0.4) is 0 Å². The second-order valence-electron chi connectivity index (χ2n) is 15.2. The highest BCUT2D eigenvalue weighted by Crippen LogP contribution is 2.42. The van der Waals surface area contributed by atoms with Gasteiger partial charge in [0.05, 0.1) is 0 Å². The Balaban J connectivity index is 1.00. The van der Waals surface area contributed by atoms with Crippen LogP contribution in [0.1, 0.15) is 0 Å². The molecule has 0 saturated heterocycles. The van der Waals surface area contributed by atoms with Crippen molar-refractivity contribution in [2.24, 2.45) is 0 Å². The van der Waals surface area contributed by atoms with Gasteiger partial charge in [-0.15, -0.1) is 11.3 Å². The molecular formula is C57H37N3S. The van der Waals surface area contributed by atoms with E-state index in [0.29, 0.717) is 17.5 Å². The Bertz CT molecular complexity index is 3340. The van der Waals surface area contributed by atoms with E-state index < -0.39 is 0 Å². The van der Waals surface area contributed by atoms with Crippen molar-refractivity contribution < 1.29 is 0 Å². The lowest BCUT2D eigenvalue weighted by molar-refractivity contribution is 1.08. The fraction of sp³-hybridized carbons (Fsp3) is 0. The molecule has 0 aliphatic heterocycles. The third-order valence-corrected chi connectivity index (χ3v) is 12.5. The van der Waals surface area contributed by atoms with Crippen molar-refractivity contribution in [1.82, 2.24) is 15.0 Å². The molecule has 286 valence electrons. The second-order valence-corrected chi connectivity index (χ2v) is 16.3. The van der Waals surface area contributed by atoms with Gasteiger partial charge in [-0.05, 0) is 86.0 Å². The Hall–Kier alpha value is -7.79. The van der Waals surface area contributed by atoms with Crippen LogP contribution in [0, 0.1) is 0 Å². The Labute approximate surface area is 359 Å². The summed E-state index contributed by atoms with van der Waals surface area (Å²) in [5.74, 6) is 1.94. The predicted molar refractivity (Wildman–Crippen MR) is 256 cm³/mol. The number of benzene rings is 9. The fourth-order valence-corrected chi connectivity index (χ4v) is 9.44. The molecule has 3 nitrogen and oxygen atoms in total. The molecule has 2 heterocycles. The number of hydrogen-bond acceptors (Lipinski definition) is 4. The lowest BCUT2D eigenvalue weighted by Crippen LogP contribution is -2.00. The van der Waals surface area contributed by atoms with E-state index in [-0.39, 0.29) is 0 Å². The van der Waals surface area contributed by atoms with Gasteiger partial charge in [-0.2, -0.15) is 0 Å². The van der Waals surface area contributed by atoms with Crippen LogP contribution in [0.4, 0.5) is 0 Å². The summed E-state index contributed by atoms with van der Waals surface area (Å²) in [5, 5.41) is 2.34. The zero-order valence-electron chi connectivity index (χ0n) is 33.1. The van der Waals surface area contributed by atoms with Crippen molar-refractivity contribution >= 4 is 31.5 Å². The minimum absolute atomic E-state index is 0.642. The molecule has 0 atom stereocenters. The number of hydrogen-bond donors (Lipinski definition) is 0. The average molecular weight is 796 g/mol. The molecule has 0 bridgehead atoms. The van der Waals surface area contributed by atoms with Gasteiger partial charge in [-0.25, -0.2) is 15.0 Å². The molecule has 61 heavy (non-hydrogen) atoms. The quantitative estimate of drug-likeness (QED) is 0.154. The van der Waals surface area contributed by atoms with E-state index in [2.05, 4.69) is 200 Å². The van der Waals surface area contributed by atoms with Gasteiger partial charge in [0, 0.05) is 36.9 Å². The fourth-order valence-electron chi connectivity index (χ4n) is 8.33. The van der Waals surface area contributed by atoms with Crippen LogP contribution < -0.4 is 0 Å². The third kappa shape index (κ3) is 7.09. The molecule has 0 fully saturated rings. The van der Waals surface area contributed by atoms with E-state index in [1.165, 1.54) is 48.2 Å². The third-order valence-electron chi connectivity index (χ3n) is 11.4. The highest BCUT2D eigenvalue weighted by atomic mass is 32.1. The minimum atomic E-state index is 0.642. The number of aromatic nitrogens is 3. The standard InChI is InChI=1S/C57H37N3S/c1-4-15-38(16-5-1)40-29-31-41(32-30-40)48-25-10-11-26-49(48)46-23-12-22-44(35-46)45-33-34-52-51(37-45)54-50(27-14-28-53(54)61-52)57-59-55(42-19-8-3-9-20-42)58-56(60-57)47-24-13-21-43(36-47)39-17-6-2-7-18-39/h1-37H. The second kappa shape index (κ2) is 15.8. The first-order valence-electron chi connectivity index (χ1n) is 20.5. The lowest BCUT2D eigenvalue weighted by Gasteiger charge is -2.13. The number of fused-ring (bicyclic) bond motifs is 3. The van der Waals surface area contributed by atoms with Crippen molar-refractivity contribution in [1.29, 1.82) is 0 Å². The maximum Gasteiger partial charge on any atom is 0.164 e. The van der Waals surface area contributed by atoms with Crippen molar-refractivity contribution in [2.75, 3.05) is 0 Å². The average Bonchev–Trinajstić information content (AvgIpc) is 3.73.